The van der Waals surface area contributed by atoms with Crippen molar-refractivity contribution in [2.75, 3.05) is 5.43 Å². The summed E-state index contributed by atoms with van der Waals surface area (Å²) in [4.78, 5) is 4.46. The van der Waals surface area contributed by atoms with Crippen molar-refractivity contribution >= 4 is 28.2 Å². The summed E-state index contributed by atoms with van der Waals surface area (Å²) in [6.45, 7) is 6.09. The van der Waals surface area contributed by atoms with Crippen LogP contribution in [0, 0.1) is 5.82 Å². The molecule has 2 aromatic rings. The maximum atomic E-state index is 13.4. The summed E-state index contributed by atoms with van der Waals surface area (Å²) >= 11 is 6.04. The number of hydrazine groups is 1. The Morgan fingerprint density at radius 2 is 1.94 bits per heavy atom. The lowest BCUT2D eigenvalue weighted by atomic mass is 9.91. The molecular formula is C13H15ClFN3. The first kappa shape index (κ1) is 13.1. The minimum absolute atomic E-state index is 0.154. The molecule has 0 aliphatic rings. The fraction of sp³-hybridized carbons (Fsp3) is 0.308. The predicted molar refractivity (Wildman–Crippen MR) is 73.2 cm³/mol. The smallest absolute Gasteiger partial charge is 0.126 e. The third-order valence-corrected chi connectivity index (χ3v) is 3.05. The highest BCUT2D eigenvalue weighted by Crippen LogP contribution is 2.33. The highest BCUT2D eigenvalue weighted by atomic mass is 35.5. The number of nitrogen functional groups attached to an aromatic ring is 1. The molecule has 0 saturated heterocycles. The molecule has 0 amide bonds. The third-order valence-electron chi connectivity index (χ3n) is 2.75. The van der Waals surface area contributed by atoms with E-state index in [0.717, 1.165) is 5.69 Å². The van der Waals surface area contributed by atoms with Crippen LogP contribution < -0.4 is 11.3 Å². The van der Waals surface area contributed by atoms with E-state index in [1.165, 1.54) is 12.1 Å². The Bertz CT molecular complexity index is 605. The van der Waals surface area contributed by atoms with Crippen molar-refractivity contribution in [3.05, 3.63) is 34.7 Å². The van der Waals surface area contributed by atoms with Crippen LogP contribution in [-0.4, -0.2) is 4.98 Å². The molecule has 0 aliphatic carbocycles. The molecule has 0 bridgehead atoms. The monoisotopic (exact) mass is 267 g/mol. The third kappa shape index (κ3) is 2.26. The topological polar surface area (TPSA) is 50.9 Å². The van der Waals surface area contributed by atoms with Gasteiger partial charge in [-0.05, 0) is 12.1 Å². The van der Waals surface area contributed by atoms with Gasteiger partial charge in [-0.2, -0.15) is 0 Å². The van der Waals surface area contributed by atoms with Gasteiger partial charge in [0.15, 0.2) is 0 Å². The summed E-state index contributed by atoms with van der Waals surface area (Å²) in [7, 11) is 0. The van der Waals surface area contributed by atoms with Crippen molar-refractivity contribution in [3.8, 4) is 0 Å². The van der Waals surface area contributed by atoms with Crippen LogP contribution >= 0.6 is 11.6 Å². The van der Waals surface area contributed by atoms with E-state index in [0.29, 0.717) is 21.6 Å². The Morgan fingerprint density at radius 1 is 1.28 bits per heavy atom. The summed E-state index contributed by atoms with van der Waals surface area (Å²) in [5, 5.41) is 0.930. The van der Waals surface area contributed by atoms with E-state index in [2.05, 4.69) is 10.4 Å². The average Bonchev–Trinajstić information content (AvgIpc) is 2.25. The number of rotatable bonds is 1. The van der Waals surface area contributed by atoms with E-state index < -0.39 is 5.82 Å². The van der Waals surface area contributed by atoms with Crippen molar-refractivity contribution < 1.29 is 4.39 Å². The number of nitrogens with one attached hydrogen (secondary N) is 1. The van der Waals surface area contributed by atoms with Gasteiger partial charge in [-0.1, -0.05) is 32.4 Å². The van der Waals surface area contributed by atoms with Crippen LogP contribution in [0.2, 0.25) is 5.02 Å². The Hall–Kier alpha value is -1.39. The summed E-state index contributed by atoms with van der Waals surface area (Å²) < 4.78 is 13.4. The standard InChI is InChI=1S/C13H15ClFN3/c1-13(2,3)11-6-10(18-16)12-8(14)4-7(15)5-9(12)17-11/h4-6H,16H2,1-3H3,(H,17,18). The van der Waals surface area contributed by atoms with Gasteiger partial charge in [0.1, 0.15) is 5.82 Å². The summed E-state index contributed by atoms with van der Waals surface area (Å²) in [6, 6.07) is 4.45. The van der Waals surface area contributed by atoms with Crippen LogP contribution in [0.1, 0.15) is 26.5 Å². The molecule has 0 radical (unpaired) electrons. The quantitative estimate of drug-likeness (QED) is 0.613. The van der Waals surface area contributed by atoms with E-state index in [9.17, 15) is 4.39 Å². The molecule has 0 fully saturated rings. The largest absolute Gasteiger partial charge is 0.323 e. The molecular weight excluding hydrogens is 253 g/mol. The van der Waals surface area contributed by atoms with E-state index in [1.807, 2.05) is 26.8 Å². The number of nitrogens with two attached hydrogens (primary N) is 1. The number of hydrogen-bond acceptors (Lipinski definition) is 3. The predicted octanol–water partition coefficient (Wildman–Crippen LogP) is 3.61. The molecule has 0 spiro atoms. The number of fused-ring (bicyclic) bond motifs is 1. The minimum Gasteiger partial charge on any atom is -0.323 e. The molecule has 2 rings (SSSR count). The minimum atomic E-state index is -0.408. The van der Waals surface area contributed by atoms with Crippen LogP contribution in [0.5, 0.6) is 0 Å². The first-order valence-electron chi connectivity index (χ1n) is 5.60. The number of nitrogens with zero attached hydrogens (tertiary/aromatic N) is 1. The molecule has 1 aromatic carbocycles. The molecule has 0 aliphatic heterocycles. The van der Waals surface area contributed by atoms with E-state index in [4.69, 9.17) is 17.4 Å². The van der Waals surface area contributed by atoms with Gasteiger partial charge in [-0.3, -0.25) is 10.8 Å². The van der Waals surface area contributed by atoms with Gasteiger partial charge in [-0.15, -0.1) is 0 Å². The molecule has 3 N–H and O–H groups in total. The number of halogens is 2. The van der Waals surface area contributed by atoms with Crippen LogP contribution in [0.3, 0.4) is 0 Å². The average molecular weight is 268 g/mol. The summed E-state index contributed by atoms with van der Waals surface area (Å²) in [5.41, 5.74) is 4.41. The molecule has 1 aromatic heterocycles. The molecule has 1 heterocycles. The lowest BCUT2D eigenvalue weighted by molar-refractivity contribution is 0.571. The fourth-order valence-electron chi connectivity index (χ4n) is 1.78. The van der Waals surface area contributed by atoms with Gasteiger partial charge in [0.2, 0.25) is 0 Å². The molecule has 0 saturated carbocycles. The number of anilines is 1. The van der Waals surface area contributed by atoms with E-state index in [1.54, 1.807) is 0 Å². The number of hydrogen-bond donors (Lipinski definition) is 2. The summed E-state index contributed by atoms with van der Waals surface area (Å²) in [6.07, 6.45) is 0. The van der Waals surface area contributed by atoms with E-state index in [-0.39, 0.29) is 5.41 Å². The zero-order valence-corrected chi connectivity index (χ0v) is 11.3. The van der Waals surface area contributed by atoms with Crippen LogP contribution in [-0.2, 0) is 5.41 Å². The molecule has 96 valence electrons. The van der Waals surface area contributed by atoms with E-state index >= 15 is 0 Å². The van der Waals surface area contributed by atoms with Crippen LogP contribution in [0.4, 0.5) is 10.1 Å². The van der Waals surface area contributed by atoms with Crippen molar-refractivity contribution in [1.29, 1.82) is 0 Å². The van der Waals surface area contributed by atoms with Crippen LogP contribution in [0.15, 0.2) is 18.2 Å². The molecule has 3 nitrogen and oxygen atoms in total. The van der Waals surface area contributed by atoms with Crippen molar-refractivity contribution in [1.82, 2.24) is 4.98 Å². The Balaban J connectivity index is 2.84. The highest BCUT2D eigenvalue weighted by Gasteiger charge is 2.19. The van der Waals surface area contributed by atoms with Gasteiger partial charge in [0.05, 0.1) is 16.2 Å². The second-order valence-corrected chi connectivity index (χ2v) is 5.64. The maximum Gasteiger partial charge on any atom is 0.126 e. The van der Waals surface area contributed by atoms with Gasteiger partial charge >= 0.3 is 0 Å². The second-order valence-electron chi connectivity index (χ2n) is 5.23. The van der Waals surface area contributed by atoms with Gasteiger partial charge < -0.3 is 5.43 Å². The Labute approximate surface area is 110 Å². The normalized spacial score (nSPS) is 11.9. The molecule has 5 heteroatoms. The number of benzene rings is 1. The zero-order chi connectivity index (χ0) is 13.5. The lowest BCUT2D eigenvalue weighted by Gasteiger charge is -2.20. The highest BCUT2D eigenvalue weighted by molar-refractivity contribution is 6.36. The van der Waals surface area contributed by atoms with Crippen molar-refractivity contribution in [3.63, 3.8) is 0 Å². The first-order chi connectivity index (χ1) is 8.32. The first-order valence-corrected chi connectivity index (χ1v) is 5.97. The van der Waals surface area contributed by atoms with Crippen molar-refractivity contribution in [2.24, 2.45) is 5.84 Å². The van der Waals surface area contributed by atoms with Crippen molar-refractivity contribution in [2.45, 2.75) is 26.2 Å². The van der Waals surface area contributed by atoms with Gasteiger partial charge in [-0.25, -0.2) is 4.39 Å². The Morgan fingerprint density at radius 3 is 2.50 bits per heavy atom. The maximum absolute atomic E-state index is 13.4. The molecule has 0 atom stereocenters. The zero-order valence-electron chi connectivity index (χ0n) is 10.5. The fourth-order valence-corrected chi connectivity index (χ4v) is 2.09. The molecule has 0 unspecified atom stereocenters. The molecule has 18 heavy (non-hydrogen) atoms. The second kappa shape index (κ2) is 4.37. The van der Waals surface area contributed by atoms with Gasteiger partial charge in [0, 0.05) is 22.6 Å². The van der Waals surface area contributed by atoms with Gasteiger partial charge in [0.25, 0.3) is 0 Å². The summed E-state index contributed by atoms with van der Waals surface area (Å²) in [5.74, 6) is 5.10. The Kier molecular flexibility index (Phi) is 3.17. The lowest BCUT2D eigenvalue weighted by Crippen LogP contribution is -2.16. The number of aromatic nitrogens is 1. The SMILES string of the molecule is CC(C)(C)c1cc(NN)c2c(Cl)cc(F)cc2n1. The number of pyridine rings is 1. The van der Waals surface area contributed by atoms with Crippen LogP contribution in [0.25, 0.3) is 10.9 Å².